The number of nitrogens with zero attached hydrogens (tertiary/aromatic N) is 2. The van der Waals surface area contributed by atoms with Gasteiger partial charge < -0.3 is 15.4 Å². The van der Waals surface area contributed by atoms with Gasteiger partial charge >= 0.3 is 5.97 Å². The van der Waals surface area contributed by atoms with E-state index in [9.17, 15) is 9.59 Å². The highest BCUT2D eigenvalue weighted by molar-refractivity contribution is 6.05. The maximum absolute atomic E-state index is 12.7. The summed E-state index contributed by atoms with van der Waals surface area (Å²) < 4.78 is 0. The number of fused-ring (bicyclic) bond motifs is 1. The van der Waals surface area contributed by atoms with Crippen LogP contribution in [0.5, 0.6) is 0 Å². The molecule has 3 N–H and O–H groups in total. The van der Waals surface area contributed by atoms with Gasteiger partial charge in [0, 0.05) is 6.20 Å². The van der Waals surface area contributed by atoms with Crippen molar-refractivity contribution in [2.24, 2.45) is 0 Å². The molecule has 1 amide bonds. The lowest BCUT2D eigenvalue weighted by molar-refractivity contribution is -0.137. The number of aromatic nitrogens is 3. The number of aromatic amines is 1. The van der Waals surface area contributed by atoms with Gasteiger partial charge in [-0.05, 0) is 18.1 Å². The zero-order valence-electron chi connectivity index (χ0n) is 13.0. The fourth-order valence-electron chi connectivity index (χ4n) is 2.63. The summed E-state index contributed by atoms with van der Waals surface area (Å²) in [5.74, 6) is -1.42. The highest BCUT2D eigenvalue weighted by atomic mass is 16.4. The standard InChI is InChI=1S/C17H16N4O3/c1-10-8-18-16-14(10)15(19-9-20-16)17(24)21-12(7-13(22)23)11-5-3-2-4-6-11/h2-6,8-9,12H,7H2,1H3,(H,21,24)(H,22,23)(H,18,19,20)/t12-/m0/s1. The molecule has 0 aliphatic heterocycles. The number of carbonyl (C=O) groups excluding carboxylic acids is 1. The normalized spacial score (nSPS) is 12.0. The fourth-order valence-corrected chi connectivity index (χ4v) is 2.63. The molecule has 0 saturated heterocycles. The Bertz CT molecular complexity index is 889. The van der Waals surface area contributed by atoms with Crippen LogP contribution in [0.1, 0.15) is 34.1 Å². The molecule has 0 fully saturated rings. The summed E-state index contributed by atoms with van der Waals surface area (Å²) in [6.45, 7) is 1.85. The van der Waals surface area contributed by atoms with Crippen molar-refractivity contribution in [3.8, 4) is 0 Å². The van der Waals surface area contributed by atoms with Crippen molar-refractivity contribution in [2.75, 3.05) is 0 Å². The molecule has 0 saturated carbocycles. The van der Waals surface area contributed by atoms with Gasteiger partial charge in [-0.15, -0.1) is 0 Å². The van der Waals surface area contributed by atoms with Crippen molar-refractivity contribution in [3.63, 3.8) is 0 Å². The Morgan fingerprint density at radius 3 is 2.71 bits per heavy atom. The number of rotatable bonds is 5. The second kappa shape index (κ2) is 6.49. The molecule has 0 bridgehead atoms. The molecule has 2 aromatic heterocycles. The van der Waals surface area contributed by atoms with Crippen LogP contribution < -0.4 is 5.32 Å². The van der Waals surface area contributed by atoms with Gasteiger partial charge in [0.15, 0.2) is 0 Å². The van der Waals surface area contributed by atoms with Crippen LogP contribution in [-0.2, 0) is 4.79 Å². The van der Waals surface area contributed by atoms with Gasteiger partial charge in [-0.2, -0.15) is 0 Å². The summed E-state index contributed by atoms with van der Waals surface area (Å²) in [6, 6.07) is 8.36. The second-order valence-corrected chi connectivity index (χ2v) is 5.45. The first-order chi connectivity index (χ1) is 11.6. The van der Waals surface area contributed by atoms with Crippen LogP contribution in [0.15, 0.2) is 42.9 Å². The third kappa shape index (κ3) is 3.10. The summed E-state index contributed by atoms with van der Waals surface area (Å²) >= 11 is 0. The molecule has 0 spiro atoms. The zero-order chi connectivity index (χ0) is 17.1. The molecule has 24 heavy (non-hydrogen) atoms. The predicted octanol–water partition coefficient (Wildman–Crippen LogP) is 2.21. The van der Waals surface area contributed by atoms with Crippen molar-refractivity contribution in [2.45, 2.75) is 19.4 Å². The van der Waals surface area contributed by atoms with E-state index in [1.54, 1.807) is 30.5 Å². The minimum Gasteiger partial charge on any atom is -0.481 e. The van der Waals surface area contributed by atoms with E-state index in [1.165, 1.54) is 6.33 Å². The highest BCUT2D eigenvalue weighted by Crippen LogP contribution is 2.21. The molecule has 7 nitrogen and oxygen atoms in total. The lowest BCUT2D eigenvalue weighted by atomic mass is 10.0. The van der Waals surface area contributed by atoms with E-state index in [1.807, 2.05) is 13.0 Å². The molecule has 0 unspecified atom stereocenters. The number of aliphatic carboxylic acids is 1. The topological polar surface area (TPSA) is 108 Å². The lowest BCUT2D eigenvalue weighted by Crippen LogP contribution is -2.31. The van der Waals surface area contributed by atoms with Gasteiger partial charge in [0.1, 0.15) is 17.7 Å². The van der Waals surface area contributed by atoms with E-state index in [0.717, 1.165) is 11.1 Å². The zero-order valence-corrected chi connectivity index (χ0v) is 13.0. The number of hydrogen-bond acceptors (Lipinski definition) is 4. The van der Waals surface area contributed by atoms with Gasteiger partial charge in [0.25, 0.3) is 5.91 Å². The van der Waals surface area contributed by atoms with Crippen LogP contribution in [0.3, 0.4) is 0 Å². The van der Waals surface area contributed by atoms with Crippen LogP contribution in [-0.4, -0.2) is 31.9 Å². The Labute approximate surface area is 137 Å². The second-order valence-electron chi connectivity index (χ2n) is 5.45. The predicted molar refractivity (Wildman–Crippen MR) is 87.5 cm³/mol. The molecule has 3 aromatic rings. The first-order valence-corrected chi connectivity index (χ1v) is 7.42. The number of aryl methyl sites for hydroxylation is 1. The molecule has 0 radical (unpaired) electrons. The average Bonchev–Trinajstić information content (AvgIpc) is 2.96. The van der Waals surface area contributed by atoms with Crippen molar-refractivity contribution in [1.82, 2.24) is 20.3 Å². The Morgan fingerprint density at radius 2 is 2.00 bits per heavy atom. The smallest absolute Gasteiger partial charge is 0.305 e. The van der Waals surface area contributed by atoms with Gasteiger partial charge in [-0.3, -0.25) is 9.59 Å². The number of carboxylic acid groups (broad SMARTS) is 1. The van der Waals surface area contributed by atoms with Gasteiger partial charge in [-0.1, -0.05) is 30.3 Å². The molecule has 0 aliphatic carbocycles. The molecule has 3 rings (SSSR count). The summed E-state index contributed by atoms with van der Waals surface area (Å²) in [5, 5.41) is 12.5. The summed E-state index contributed by atoms with van der Waals surface area (Å²) in [4.78, 5) is 35.0. The van der Waals surface area contributed by atoms with Gasteiger partial charge in [0.2, 0.25) is 0 Å². The largest absolute Gasteiger partial charge is 0.481 e. The molecular formula is C17H16N4O3. The number of carbonyl (C=O) groups is 2. The van der Waals surface area contributed by atoms with Crippen LogP contribution in [0.4, 0.5) is 0 Å². The summed E-state index contributed by atoms with van der Waals surface area (Å²) in [7, 11) is 0. The molecule has 1 atom stereocenters. The van der Waals surface area contributed by atoms with Crippen molar-refractivity contribution in [1.29, 1.82) is 0 Å². The number of amides is 1. The van der Waals surface area contributed by atoms with E-state index in [0.29, 0.717) is 11.0 Å². The van der Waals surface area contributed by atoms with Gasteiger partial charge in [-0.25, -0.2) is 9.97 Å². The number of hydrogen-bond donors (Lipinski definition) is 3. The monoisotopic (exact) mass is 324 g/mol. The molecule has 7 heteroatoms. The third-order valence-electron chi connectivity index (χ3n) is 3.77. The highest BCUT2D eigenvalue weighted by Gasteiger charge is 2.22. The number of carboxylic acids is 1. The Hall–Kier alpha value is -3.22. The van der Waals surface area contributed by atoms with E-state index in [-0.39, 0.29) is 12.1 Å². The van der Waals surface area contributed by atoms with Crippen molar-refractivity contribution in [3.05, 3.63) is 59.7 Å². The van der Waals surface area contributed by atoms with Crippen molar-refractivity contribution >= 4 is 22.9 Å². The van der Waals surface area contributed by atoms with Crippen LogP contribution in [0, 0.1) is 6.92 Å². The quantitative estimate of drug-likeness (QED) is 0.667. The van der Waals surface area contributed by atoms with E-state index >= 15 is 0 Å². The van der Waals surface area contributed by atoms with E-state index in [2.05, 4.69) is 20.3 Å². The van der Waals surface area contributed by atoms with E-state index in [4.69, 9.17) is 5.11 Å². The maximum Gasteiger partial charge on any atom is 0.305 e. The average molecular weight is 324 g/mol. The Kier molecular flexibility index (Phi) is 4.24. The maximum atomic E-state index is 12.7. The lowest BCUT2D eigenvalue weighted by Gasteiger charge is -2.17. The van der Waals surface area contributed by atoms with Crippen LogP contribution in [0.25, 0.3) is 11.0 Å². The SMILES string of the molecule is Cc1c[nH]c2ncnc(C(=O)N[C@@H](CC(=O)O)c3ccccc3)c12. The fraction of sp³-hybridized carbons (Fsp3) is 0.176. The molecule has 122 valence electrons. The first kappa shape index (κ1) is 15.7. The third-order valence-corrected chi connectivity index (χ3v) is 3.77. The summed E-state index contributed by atoms with van der Waals surface area (Å²) in [5.41, 5.74) is 2.38. The Morgan fingerprint density at radius 1 is 1.25 bits per heavy atom. The Balaban J connectivity index is 1.93. The molecule has 1 aromatic carbocycles. The van der Waals surface area contributed by atoms with Gasteiger partial charge in [0.05, 0.1) is 17.8 Å². The molecule has 2 heterocycles. The van der Waals surface area contributed by atoms with Crippen LogP contribution >= 0.6 is 0 Å². The number of benzene rings is 1. The molecular weight excluding hydrogens is 308 g/mol. The molecule has 0 aliphatic rings. The minimum atomic E-state index is -0.991. The number of H-pyrrole nitrogens is 1. The van der Waals surface area contributed by atoms with Crippen molar-refractivity contribution < 1.29 is 14.7 Å². The van der Waals surface area contributed by atoms with E-state index < -0.39 is 17.9 Å². The minimum absolute atomic E-state index is 0.212. The number of nitrogens with one attached hydrogen (secondary N) is 2. The van der Waals surface area contributed by atoms with Crippen LogP contribution in [0.2, 0.25) is 0 Å². The first-order valence-electron chi connectivity index (χ1n) is 7.42. The summed E-state index contributed by atoms with van der Waals surface area (Å²) in [6.07, 6.45) is 2.85.